The van der Waals surface area contributed by atoms with Crippen molar-refractivity contribution < 1.29 is 13.5 Å². The zero-order valence-electron chi connectivity index (χ0n) is 6.58. The Morgan fingerprint density at radius 1 is 1.38 bits per heavy atom. The van der Waals surface area contributed by atoms with Crippen molar-refractivity contribution in [3.8, 4) is 0 Å². The summed E-state index contributed by atoms with van der Waals surface area (Å²) in [6.45, 7) is -0.571. The lowest BCUT2D eigenvalue weighted by molar-refractivity contribution is 0.00861. The molecule has 0 aromatic carbocycles. The van der Waals surface area contributed by atoms with E-state index in [1.54, 1.807) is 6.07 Å². The van der Waals surface area contributed by atoms with Crippen LogP contribution in [0.5, 0.6) is 0 Å². The molecule has 6 heteroatoms. The number of aromatic nitrogens is 2. The predicted octanol–water partition coefficient (Wildman–Crippen LogP) is 1.91. The van der Waals surface area contributed by atoms with E-state index in [4.69, 9.17) is 11.6 Å². The first kappa shape index (κ1) is 10.3. The minimum atomic E-state index is -2.46. The third-order valence-corrected chi connectivity index (χ3v) is 1.38. The Balaban J connectivity index is 2.33. The standard InChI is InChI=1S/C7H7ClF2N2O/c8-6-2-1-5(11-12-6)3-13-4-7(9)10/h1-2,7H,3-4H2. The summed E-state index contributed by atoms with van der Waals surface area (Å²) in [5.41, 5.74) is 0.477. The lowest BCUT2D eigenvalue weighted by atomic mass is 10.4. The normalized spacial score (nSPS) is 10.8. The number of ether oxygens (including phenoxy) is 1. The van der Waals surface area contributed by atoms with Gasteiger partial charge < -0.3 is 4.74 Å². The predicted molar refractivity (Wildman–Crippen MR) is 42.7 cm³/mol. The topological polar surface area (TPSA) is 35.0 Å². The Morgan fingerprint density at radius 2 is 2.15 bits per heavy atom. The number of hydrogen-bond donors (Lipinski definition) is 0. The van der Waals surface area contributed by atoms with Gasteiger partial charge in [-0.1, -0.05) is 11.6 Å². The zero-order valence-corrected chi connectivity index (χ0v) is 7.34. The second-order valence-corrected chi connectivity index (χ2v) is 2.64. The number of alkyl halides is 2. The van der Waals surface area contributed by atoms with Crippen molar-refractivity contribution in [2.24, 2.45) is 0 Å². The molecule has 0 N–H and O–H groups in total. The SMILES string of the molecule is FC(F)COCc1ccc(Cl)nn1. The average Bonchev–Trinajstić information content (AvgIpc) is 2.08. The molecule has 0 atom stereocenters. The zero-order chi connectivity index (χ0) is 9.68. The smallest absolute Gasteiger partial charge is 0.261 e. The van der Waals surface area contributed by atoms with Crippen LogP contribution < -0.4 is 0 Å². The summed E-state index contributed by atoms with van der Waals surface area (Å²) >= 11 is 5.46. The van der Waals surface area contributed by atoms with E-state index in [9.17, 15) is 8.78 Å². The summed E-state index contributed by atoms with van der Waals surface area (Å²) in [7, 11) is 0. The van der Waals surface area contributed by atoms with Crippen LogP contribution in [-0.2, 0) is 11.3 Å². The van der Waals surface area contributed by atoms with Crippen molar-refractivity contribution in [3.63, 3.8) is 0 Å². The van der Waals surface area contributed by atoms with Crippen molar-refractivity contribution in [2.75, 3.05) is 6.61 Å². The molecule has 0 saturated carbocycles. The molecule has 0 fully saturated rings. The summed E-state index contributed by atoms with van der Waals surface area (Å²) in [4.78, 5) is 0. The van der Waals surface area contributed by atoms with Gasteiger partial charge in [0.1, 0.15) is 6.61 Å². The summed E-state index contributed by atoms with van der Waals surface area (Å²) in [6, 6.07) is 3.09. The minimum absolute atomic E-state index is 0.0223. The number of halogens is 3. The molecule has 0 saturated heterocycles. The minimum Gasteiger partial charge on any atom is -0.369 e. The monoisotopic (exact) mass is 208 g/mol. The Bertz CT molecular complexity index is 255. The van der Waals surface area contributed by atoms with Crippen LogP contribution in [-0.4, -0.2) is 23.2 Å². The average molecular weight is 209 g/mol. The summed E-state index contributed by atoms with van der Waals surface area (Å²) < 4.78 is 27.9. The Hall–Kier alpha value is -0.810. The van der Waals surface area contributed by atoms with Crippen LogP contribution in [0.15, 0.2) is 12.1 Å². The highest BCUT2D eigenvalue weighted by atomic mass is 35.5. The van der Waals surface area contributed by atoms with Crippen LogP contribution in [0.3, 0.4) is 0 Å². The van der Waals surface area contributed by atoms with Crippen molar-refractivity contribution in [2.45, 2.75) is 13.0 Å². The molecule has 13 heavy (non-hydrogen) atoms. The molecule has 0 radical (unpaired) electrons. The van der Waals surface area contributed by atoms with E-state index in [0.29, 0.717) is 5.69 Å². The van der Waals surface area contributed by atoms with Gasteiger partial charge in [0.05, 0.1) is 12.3 Å². The van der Waals surface area contributed by atoms with Gasteiger partial charge in [0.25, 0.3) is 6.43 Å². The van der Waals surface area contributed by atoms with Crippen LogP contribution in [0.4, 0.5) is 8.78 Å². The number of hydrogen-bond acceptors (Lipinski definition) is 3. The van der Waals surface area contributed by atoms with E-state index in [2.05, 4.69) is 14.9 Å². The van der Waals surface area contributed by atoms with Gasteiger partial charge in [-0.2, -0.15) is 5.10 Å². The lowest BCUT2D eigenvalue weighted by Gasteiger charge is -2.01. The molecule has 0 bridgehead atoms. The molecule has 1 heterocycles. The maximum Gasteiger partial charge on any atom is 0.261 e. The van der Waals surface area contributed by atoms with Crippen LogP contribution in [0, 0.1) is 0 Å². The van der Waals surface area contributed by atoms with Crippen molar-refractivity contribution >= 4 is 11.6 Å². The molecule has 0 amide bonds. The Labute approximate surface area is 78.7 Å². The van der Waals surface area contributed by atoms with Crippen LogP contribution in [0.2, 0.25) is 5.15 Å². The second-order valence-electron chi connectivity index (χ2n) is 2.25. The molecule has 3 nitrogen and oxygen atoms in total. The fraction of sp³-hybridized carbons (Fsp3) is 0.429. The van der Waals surface area contributed by atoms with Gasteiger partial charge in [-0.15, -0.1) is 5.10 Å². The summed E-state index contributed by atoms with van der Waals surface area (Å²) in [6.07, 6.45) is -2.46. The first-order chi connectivity index (χ1) is 6.18. The maximum atomic E-state index is 11.6. The van der Waals surface area contributed by atoms with Crippen LogP contribution in [0.25, 0.3) is 0 Å². The van der Waals surface area contributed by atoms with Gasteiger partial charge in [-0.05, 0) is 12.1 Å². The molecular formula is C7H7ClF2N2O. The van der Waals surface area contributed by atoms with E-state index in [-0.39, 0.29) is 11.8 Å². The van der Waals surface area contributed by atoms with E-state index in [1.807, 2.05) is 0 Å². The van der Waals surface area contributed by atoms with Crippen LogP contribution >= 0.6 is 11.6 Å². The van der Waals surface area contributed by atoms with Gasteiger partial charge in [0.2, 0.25) is 0 Å². The van der Waals surface area contributed by atoms with Crippen LogP contribution in [0.1, 0.15) is 5.69 Å². The summed E-state index contributed by atoms with van der Waals surface area (Å²) in [5.74, 6) is 0. The maximum absolute atomic E-state index is 11.6. The highest BCUT2D eigenvalue weighted by molar-refractivity contribution is 6.29. The third-order valence-electron chi connectivity index (χ3n) is 1.18. The molecule has 0 unspecified atom stereocenters. The first-order valence-electron chi connectivity index (χ1n) is 3.52. The van der Waals surface area contributed by atoms with Gasteiger partial charge in [0.15, 0.2) is 5.15 Å². The van der Waals surface area contributed by atoms with E-state index in [0.717, 1.165) is 0 Å². The largest absolute Gasteiger partial charge is 0.369 e. The first-order valence-corrected chi connectivity index (χ1v) is 3.90. The highest BCUT2D eigenvalue weighted by Crippen LogP contribution is 2.03. The highest BCUT2D eigenvalue weighted by Gasteiger charge is 2.02. The molecule has 1 aromatic heterocycles. The van der Waals surface area contributed by atoms with Crippen molar-refractivity contribution in [1.29, 1.82) is 0 Å². The Kier molecular flexibility index (Phi) is 3.98. The van der Waals surface area contributed by atoms with E-state index < -0.39 is 13.0 Å². The second kappa shape index (κ2) is 5.04. The molecule has 1 aromatic rings. The molecule has 1 rings (SSSR count). The van der Waals surface area contributed by atoms with E-state index in [1.165, 1.54) is 6.07 Å². The lowest BCUT2D eigenvalue weighted by Crippen LogP contribution is -2.05. The third kappa shape index (κ3) is 4.10. The quantitative estimate of drug-likeness (QED) is 0.758. The van der Waals surface area contributed by atoms with Gasteiger partial charge in [0, 0.05) is 0 Å². The summed E-state index contributed by atoms with van der Waals surface area (Å²) in [5, 5.41) is 7.41. The van der Waals surface area contributed by atoms with Gasteiger partial charge in [-0.25, -0.2) is 8.78 Å². The van der Waals surface area contributed by atoms with Crippen molar-refractivity contribution in [3.05, 3.63) is 23.0 Å². The molecule has 0 aliphatic rings. The molecule has 0 aliphatic carbocycles. The van der Waals surface area contributed by atoms with E-state index >= 15 is 0 Å². The Morgan fingerprint density at radius 3 is 2.69 bits per heavy atom. The fourth-order valence-corrected chi connectivity index (χ4v) is 0.774. The van der Waals surface area contributed by atoms with Gasteiger partial charge >= 0.3 is 0 Å². The molecule has 0 aliphatic heterocycles. The van der Waals surface area contributed by atoms with Crippen molar-refractivity contribution in [1.82, 2.24) is 10.2 Å². The van der Waals surface area contributed by atoms with Gasteiger partial charge in [-0.3, -0.25) is 0 Å². The molecule has 0 spiro atoms. The molecule has 72 valence electrons. The molecular weight excluding hydrogens is 202 g/mol. The number of rotatable bonds is 4. The fourth-order valence-electron chi connectivity index (χ4n) is 0.673. The number of nitrogens with zero attached hydrogens (tertiary/aromatic N) is 2.